The highest BCUT2D eigenvalue weighted by molar-refractivity contribution is 5.28. The second-order valence-electron chi connectivity index (χ2n) is 6.74. The lowest BCUT2D eigenvalue weighted by Gasteiger charge is -2.34. The average Bonchev–Trinajstić information content (AvgIpc) is 2.50. The molecule has 0 aliphatic heterocycles. The van der Waals surface area contributed by atoms with Gasteiger partial charge in [0.25, 0.3) is 0 Å². The molecule has 1 saturated carbocycles. The van der Waals surface area contributed by atoms with E-state index < -0.39 is 0 Å². The number of aliphatic hydroxyl groups excluding tert-OH is 1. The van der Waals surface area contributed by atoms with E-state index in [-0.39, 0.29) is 6.10 Å². The zero-order valence-electron chi connectivity index (χ0n) is 13.7. The number of unbranched alkanes of at least 4 members (excludes halogenated alkanes) is 1. The van der Waals surface area contributed by atoms with Gasteiger partial charge in [-0.15, -0.1) is 0 Å². The molecule has 21 heavy (non-hydrogen) atoms. The van der Waals surface area contributed by atoms with Crippen LogP contribution in [0.2, 0.25) is 0 Å². The molecular weight excluding hydrogens is 260 g/mol. The van der Waals surface area contributed by atoms with Crippen LogP contribution in [0.5, 0.6) is 5.75 Å². The predicted molar refractivity (Wildman–Crippen MR) is 87.5 cm³/mol. The zero-order chi connectivity index (χ0) is 15.2. The second-order valence-corrected chi connectivity index (χ2v) is 6.74. The van der Waals surface area contributed by atoms with Gasteiger partial charge in [0.2, 0.25) is 0 Å². The summed E-state index contributed by atoms with van der Waals surface area (Å²) in [5, 5.41) is 10.6. The summed E-state index contributed by atoms with van der Waals surface area (Å²) in [4.78, 5) is 0. The van der Waals surface area contributed by atoms with Gasteiger partial charge in [0.1, 0.15) is 5.75 Å². The van der Waals surface area contributed by atoms with E-state index in [1.165, 1.54) is 6.42 Å². The first-order valence-corrected chi connectivity index (χ1v) is 8.52. The maximum Gasteiger partial charge on any atom is 0.119 e. The van der Waals surface area contributed by atoms with Crippen LogP contribution in [-0.4, -0.2) is 11.7 Å². The maximum atomic E-state index is 10.6. The van der Waals surface area contributed by atoms with Crippen LogP contribution in [-0.2, 0) is 0 Å². The molecule has 2 heteroatoms. The SMILES string of the molecule is CCCCOc1ccc(C(O)C2CCC(C)C(C)C2)cc1. The molecule has 0 heterocycles. The van der Waals surface area contributed by atoms with Gasteiger partial charge >= 0.3 is 0 Å². The summed E-state index contributed by atoms with van der Waals surface area (Å²) >= 11 is 0. The van der Waals surface area contributed by atoms with Crippen LogP contribution >= 0.6 is 0 Å². The highest BCUT2D eigenvalue weighted by atomic mass is 16.5. The van der Waals surface area contributed by atoms with Crippen molar-refractivity contribution in [2.45, 2.75) is 59.0 Å². The zero-order valence-corrected chi connectivity index (χ0v) is 13.7. The molecule has 1 aliphatic carbocycles. The number of aliphatic hydroxyl groups is 1. The van der Waals surface area contributed by atoms with Gasteiger partial charge in [-0.2, -0.15) is 0 Å². The van der Waals surface area contributed by atoms with Gasteiger partial charge in [-0.1, -0.05) is 45.7 Å². The summed E-state index contributed by atoms with van der Waals surface area (Å²) in [5.41, 5.74) is 1.03. The molecule has 0 bridgehead atoms. The molecule has 4 atom stereocenters. The molecule has 2 nitrogen and oxygen atoms in total. The average molecular weight is 290 g/mol. The van der Waals surface area contributed by atoms with Crippen LogP contribution in [0.15, 0.2) is 24.3 Å². The number of rotatable bonds is 6. The first kappa shape index (κ1) is 16.4. The van der Waals surface area contributed by atoms with Crippen molar-refractivity contribution >= 4 is 0 Å². The lowest BCUT2D eigenvalue weighted by Crippen LogP contribution is -2.25. The van der Waals surface area contributed by atoms with E-state index >= 15 is 0 Å². The van der Waals surface area contributed by atoms with E-state index in [1.54, 1.807) is 0 Å². The van der Waals surface area contributed by atoms with Crippen LogP contribution in [0.4, 0.5) is 0 Å². The van der Waals surface area contributed by atoms with Crippen molar-refractivity contribution < 1.29 is 9.84 Å². The minimum Gasteiger partial charge on any atom is -0.494 e. The highest BCUT2D eigenvalue weighted by Crippen LogP contribution is 2.39. The van der Waals surface area contributed by atoms with Crippen molar-refractivity contribution in [1.29, 1.82) is 0 Å². The molecule has 0 spiro atoms. The number of hydrogen-bond acceptors (Lipinski definition) is 2. The Morgan fingerprint density at radius 2 is 1.86 bits per heavy atom. The Hall–Kier alpha value is -1.02. The van der Waals surface area contributed by atoms with Crippen molar-refractivity contribution in [3.05, 3.63) is 29.8 Å². The Morgan fingerprint density at radius 1 is 1.14 bits per heavy atom. The smallest absolute Gasteiger partial charge is 0.119 e. The van der Waals surface area contributed by atoms with Gasteiger partial charge in [0, 0.05) is 0 Å². The molecule has 0 aromatic heterocycles. The lowest BCUT2D eigenvalue weighted by atomic mass is 9.73. The summed E-state index contributed by atoms with van der Waals surface area (Å²) < 4.78 is 5.68. The number of ether oxygens (including phenoxy) is 1. The van der Waals surface area contributed by atoms with Crippen molar-refractivity contribution in [2.75, 3.05) is 6.61 Å². The Balaban J connectivity index is 1.91. The van der Waals surface area contributed by atoms with Crippen molar-refractivity contribution in [3.8, 4) is 5.75 Å². The van der Waals surface area contributed by atoms with Gasteiger partial charge in [0.15, 0.2) is 0 Å². The van der Waals surface area contributed by atoms with Crippen LogP contribution in [0, 0.1) is 17.8 Å². The van der Waals surface area contributed by atoms with Crippen LogP contribution in [0.25, 0.3) is 0 Å². The summed E-state index contributed by atoms with van der Waals surface area (Å²) in [6.45, 7) is 7.58. The van der Waals surface area contributed by atoms with Crippen LogP contribution in [0.1, 0.15) is 64.5 Å². The first-order chi connectivity index (χ1) is 10.1. The van der Waals surface area contributed by atoms with E-state index in [9.17, 15) is 5.11 Å². The molecule has 2 rings (SSSR count). The van der Waals surface area contributed by atoms with E-state index in [4.69, 9.17) is 4.74 Å². The largest absolute Gasteiger partial charge is 0.494 e. The second kappa shape index (κ2) is 7.84. The van der Waals surface area contributed by atoms with E-state index in [0.29, 0.717) is 5.92 Å². The predicted octanol–water partition coefficient (Wildman–Crippen LogP) is 4.97. The van der Waals surface area contributed by atoms with Crippen molar-refractivity contribution in [3.63, 3.8) is 0 Å². The van der Waals surface area contributed by atoms with Gasteiger partial charge in [0.05, 0.1) is 12.7 Å². The molecular formula is C19H30O2. The molecule has 1 aliphatic rings. The third-order valence-electron chi connectivity index (χ3n) is 5.07. The van der Waals surface area contributed by atoms with Gasteiger partial charge in [-0.25, -0.2) is 0 Å². The summed E-state index contributed by atoms with van der Waals surface area (Å²) in [7, 11) is 0. The monoisotopic (exact) mass is 290 g/mol. The van der Waals surface area contributed by atoms with Crippen LogP contribution < -0.4 is 4.74 Å². The minimum atomic E-state index is -0.329. The van der Waals surface area contributed by atoms with E-state index in [1.807, 2.05) is 24.3 Å². The fourth-order valence-corrected chi connectivity index (χ4v) is 3.24. The summed E-state index contributed by atoms with van der Waals surface area (Å²) in [5.74, 6) is 2.82. The Morgan fingerprint density at radius 3 is 2.48 bits per heavy atom. The molecule has 0 amide bonds. The fourth-order valence-electron chi connectivity index (χ4n) is 3.24. The molecule has 1 aromatic rings. The molecule has 1 N–H and O–H groups in total. The van der Waals surface area contributed by atoms with Crippen molar-refractivity contribution in [2.24, 2.45) is 17.8 Å². The van der Waals surface area contributed by atoms with E-state index in [0.717, 1.165) is 55.4 Å². The molecule has 0 radical (unpaired) electrons. The number of benzene rings is 1. The molecule has 1 aromatic carbocycles. The highest BCUT2D eigenvalue weighted by Gasteiger charge is 2.29. The maximum absolute atomic E-state index is 10.6. The minimum absolute atomic E-state index is 0.329. The Labute approximate surface area is 129 Å². The fraction of sp³-hybridized carbons (Fsp3) is 0.684. The topological polar surface area (TPSA) is 29.5 Å². The molecule has 1 fully saturated rings. The standard InChI is InChI=1S/C19H30O2/c1-4-5-12-21-18-10-8-16(9-11-18)19(20)17-7-6-14(2)15(3)13-17/h8-11,14-15,17,19-20H,4-7,12-13H2,1-3H3. The summed E-state index contributed by atoms with van der Waals surface area (Å²) in [6, 6.07) is 8.02. The first-order valence-electron chi connectivity index (χ1n) is 8.52. The quantitative estimate of drug-likeness (QED) is 0.749. The Kier molecular flexibility index (Phi) is 6.10. The Bertz CT molecular complexity index is 412. The van der Waals surface area contributed by atoms with Gasteiger partial charge < -0.3 is 9.84 Å². The third kappa shape index (κ3) is 4.47. The molecule has 4 unspecified atom stereocenters. The van der Waals surface area contributed by atoms with Gasteiger partial charge in [-0.05, 0) is 54.7 Å². The summed E-state index contributed by atoms with van der Waals surface area (Å²) in [6.07, 6.45) is 5.42. The lowest BCUT2D eigenvalue weighted by molar-refractivity contribution is 0.0561. The third-order valence-corrected chi connectivity index (χ3v) is 5.07. The van der Waals surface area contributed by atoms with Crippen molar-refractivity contribution in [1.82, 2.24) is 0 Å². The van der Waals surface area contributed by atoms with Crippen LogP contribution in [0.3, 0.4) is 0 Å². The number of hydrogen-bond donors (Lipinski definition) is 1. The normalized spacial score (nSPS) is 27.3. The van der Waals surface area contributed by atoms with Gasteiger partial charge in [-0.3, -0.25) is 0 Å². The van der Waals surface area contributed by atoms with E-state index in [2.05, 4.69) is 20.8 Å². The molecule has 0 saturated heterocycles. The molecule has 118 valence electrons.